The largest absolute Gasteiger partial charge is 0.497 e. The molecule has 0 fully saturated rings. The third-order valence-corrected chi connectivity index (χ3v) is 7.12. The molecule has 1 N–H and O–H groups in total. The molecule has 1 aliphatic heterocycles. The van der Waals surface area contributed by atoms with Crippen LogP contribution in [-0.2, 0) is 14.8 Å². The molecule has 0 radical (unpaired) electrons. The number of ether oxygens (including phenoxy) is 2. The molecule has 0 saturated carbocycles. The van der Waals surface area contributed by atoms with Gasteiger partial charge in [0, 0.05) is 5.69 Å². The van der Waals surface area contributed by atoms with Gasteiger partial charge in [-0.15, -0.1) is 0 Å². The number of carbonyl (C=O) groups is 1. The molecule has 1 aliphatic rings. The summed E-state index contributed by atoms with van der Waals surface area (Å²) in [6.07, 6.45) is -1.02. The highest BCUT2D eigenvalue weighted by Gasteiger charge is 2.37. The second kappa shape index (κ2) is 8.55. The zero-order chi connectivity index (χ0) is 22.9. The fourth-order valence-electron chi connectivity index (χ4n) is 3.53. The van der Waals surface area contributed by atoms with Gasteiger partial charge >= 0.3 is 0 Å². The number of nitrogens with one attached hydrogen (secondary N) is 1. The van der Waals surface area contributed by atoms with Crippen molar-refractivity contribution in [2.45, 2.75) is 24.8 Å². The summed E-state index contributed by atoms with van der Waals surface area (Å²) in [4.78, 5) is 13.2. The van der Waals surface area contributed by atoms with Crippen LogP contribution in [0.25, 0.3) is 0 Å². The lowest BCUT2D eigenvalue weighted by Gasteiger charge is -2.34. The number of amides is 1. The Balaban J connectivity index is 1.67. The van der Waals surface area contributed by atoms with E-state index in [0.29, 0.717) is 22.9 Å². The van der Waals surface area contributed by atoms with Gasteiger partial charge in [-0.1, -0.05) is 24.3 Å². The van der Waals surface area contributed by atoms with Crippen molar-refractivity contribution in [2.75, 3.05) is 23.3 Å². The summed E-state index contributed by atoms with van der Waals surface area (Å²) >= 11 is 0. The van der Waals surface area contributed by atoms with Gasteiger partial charge in [-0.2, -0.15) is 0 Å². The second-order valence-electron chi connectivity index (χ2n) is 7.59. The number of hydrogen-bond acceptors (Lipinski definition) is 5. The minimum atomic E-state index is -3.94. The number of nitrogens with zero attached hydrogens (tertiary/aromatic N) is 1. The lowest BCUT2D eigenvalue weighted by molar-refractivity contribution is -0.122. The molecule has 0 saturated heterocycles. The molecule has 1 heterocycles. The fraction of sp³-hybridized carbons (Fsp3) is 0.208. The highest BCUT2D eigenvalue weighted by Crippen LogP contribution is 2.37. The number of carbonyl (C=O) groups excluding carboxylic acids is 1. The minimum Gasteiger partial charge on any atom is -0.497 e. The van der Waals surface area contributed by atoms with Gasteiger partial charge in [-0.3, -0.25) is 9.10 Å². The lowest BCUT2D eigenvalue weighted by Crippen LogP contribution is -2.48. The summed E-state index contributed by atoms with van der Waals surface area (Å²) in [7, 11) is -2.42. The van der Waals surface area contributed by atoms with Crippen molar-refractivity contribution in [2.24, 2.45) is 0 Å². The van der Waals surface area contributed by atoms with Crippen LogP contribution in [0.5, 0.6) is 11.5 Å². The SMILES string of the molecule is COc1ccc(S(=O)(=O)N2CC(C(=O)Nc3cc(C)ccc3C)Oc3ccccc32)cc1. The molecule has 0 aromatic heterocycles. The van der Waals surface area contributed by atoms with E-state index in [4.69, 9.17) is 9.47 Å². The van der Waals surface area contributed by atoms with Gasteiger partial charge in [-0.05, 0) is 67.4 Å². The van der Waals surface area contributed by atoms with Crippen molar-refractivity contribution in [3.8, 4) is 11.5 Å². The minimum absolute atomic E-state index is 0.101. The Kier molecular flexibility index (Phi) is 5.80. The van der Waals surface area contributed by atoms with Crippen molar-refractivity contribution in [1.82, 2.24) is 0 Å². The van der Waals surface area contributed by atoms with E-state index in [-0.39, 0.29) is 11.4 Å². The van der Waals surface area contributed by atoms with Crippen molar-refractivity contribution >= 4 is 27.3 Å². The summed E-state index contributed by atoms with van der Waals surface area (Å²) in [6, 6.07) is 18.7. The number of rotatable bonds is 5. The van der Waals surface area contributed by atoms with E-state index in [9.17, 15) is 13.2 Å². The Bertz CT molecular complexity index is 1260. The van der Waals surface area contributed by atoms with Gasteiger partial charge < -0.3 is 14.8 Å². The second-order valence-corrected chi connectivity index (χ2v) is 9.46. The molecule has 0 bridgehead atoms. The summed E-state index contributed by atoms with van der Waals surface area (Å²) in [5.41, 5.74) is 2.97. The Morgan fingerprint density at radius 2 is 1.78 bits per heavy atom. The molecule has 0 aliphatic carbocycles. The van der Waals surface area contributed by atoms with Crippen LogP contribution in [0.1, 0.15) is 11.1 Å². The first-order valence-electron chi connectivity index (χ1n) is 10.1. The van der Waals surface area contributed by atoms with Crippen molar-refractivity contribution in [3.05, 3.63) is 77.9 Å². The van der Waals surface area contributed by atoms with Gasteiger partial charge in [0.15, 0.2) is 6.10 Å². The van der Waals surface area contributed by atoms with E-state index in [1.807, 2.05) is 32.0 Å². The molecule has 166 valence electrons. The van der Waals surface area contributed by atoms with Gasteiger partial charge in [0.05, 0.1) is 24.2 Å². The summed E-state index contributed by atoms with van der Waals surface area (Å²) < 4.78 is 39.2. The van der Waals surface area contributed by atoms with E-state index in [1.54, 1.807) is 36.4 Å². The first-order chi connectivity index (χ1) is 15.3. The van der Waals surface area contributed by atoms with Crippen LogP contribution in [0.4, 0.5) is 11.4 Å². The average molecular weight is 453 g/mol. The normalized spacial score (nSPS) is 15.5. The number of methoxy groups -OCH3 is 1. The Hall–Kier alpha value is -3.52. The topological polar surface area (TPSA) is 84.9 Å². The Morgan fingerprint density at radius 1 is 1.06 bits per heavy atom. The van der Waals surface area contributed by atoms with Crippen LogP contribution >= 0.6 is 0 Å². The fourth-order valence-corrected chi connectivity index (χ4v) is 5.00. The van der Waals surface area contributed by atoms with E-state index < -0.39 is 22.0 Å². The van der Waals surface area contributed by atoms with Gasteiger partial charge in [0.25, 0.3) is 15.9 Å². The third-order valence-electron chi connectivity index (χ3n) is 5.33. The number of benzene rings is 3. The maximum absolute atomic E-state index is 13.5. The number of aryl methyl sites for hydroxylation is 2. The summed E-state index contributed by atoms with van der Waals surface area (Å²) in [5, 5.41) is 2.88. The molecule has 32 heavy (non-hydrogen) atoms. The van der Waals surface area contributed by atoms with E-state index >= 15 is 0 Å². The van der Waals surface area contributed by atoms with E-state index in [1.165, 1.54) is 23.5 Å². The molecular weight excluding hydrogens is 428 g/mol. The van der Waals surface area contributed by atoms with Crippen molar-refractivity contribution in [1.29, 1.82) is 0 Å². The Labute approximate surface area is 187 Å². The Morgan fingerprint density at radius 3 is 2.50 bits per heavy atom. The molecule has 3 aromatic rings. The van der Waals surface area contributed by atoms with Crippen LogP contribution in [0.3, 0.4) is 0 Å². The zero-order valence-electron chi connectivity index (χ0n) is 18.0. The molecule has 3 aromatic carbocycles. The van der Waals surface area contributed by atoms with Crippen LogP contribution in [0.2, 0.25) is 0 Å². The molecule has 4 rings (SSSR count). The summed E-state index contributed by atoms with van der Waals surface area (Å²) in [6.45, 7) is 3.68. The van der Waals surface area contributed by atoms with Crippen LogP contribution < -0.4 is 19.1 Å². The lowest BCUT2D eigenvalue weighted by atomic mass is 10.1. The number of para-hydroxylation sites is 2. The standard InChI is InChI=1S/C24H24N2O5S/c1-16-8-9-17(2)20(14-16)25-24(27)23-15-26(21-6-4-5-7-22(21)31-23)32(28,29)19-12-10-18(30-3)11-13-19/h4-14,23H,15H2,1-3H3,(H,25,27). The smallest absolute Gasteiger partial charge is 0.267 e. The van der Waals surface area contributed by atoms with Gasteiger partial charge in [0.2, 0.25) is 0 Å². The molecule has 8 heteroatoms. The maximum Gasteiger partial charge on any atom is 0.267 e. The highest BCUT2D eigenvalue weighted by atomic mass is 32.2. The third kappa shape index (κ3) is 4.13. The molecule has 7 nitrogen and oxygen atoms in total. The number of anilines is 2. The zero-order valence-corrected chi connectivity index (χ0v) is 18.8. The van der Waals surface area contributed by atoms with Crippen molar-refractivity contribution in [3.63, 3.8) is 0 Å². The van der Waals surface area contributed by atoms with Crippen LogP contribution in [0, 0.1) is 13.8 Å². The first kappa shape index (κ1) is 21.7. The van der Waals surface area contributed by atoms with E-state index in [2.05, 4.69) is 5.32 Å². The number of sulfonamides is 1. The number of fused-ring (bicyclic) bond motifs is 1. The van der Waals surface area contributed by atoms with Crippen LogP contribution in [-0.4, -0.2) is 34.1 Å². The van der Waals surface area contributed by atoms with Crippen LogP contribution in [0.15, 0.2) is 71.6 Å². The molecule has 1 unspecified atom stereocenters. The van der Waals surface area contributed by atoms with E-state index in [0.717, 1.165) is 11.1 Å². The highest BCUT2D eigenvalue weighted by molar-refractivity contribution is 7.92. The average Bonchev–Trinajstić information content (AvgIpc) is 2.80. The molecular formula is C24H24N2O5S. The first-order valence-corrected chi connectivity index (χ1v) is 11.5. The van der Waals surface area contributed by atoms with Gasteiger partial charge in [-0.25, -0.2) is 8.42 Å². The quantitative estimate of drug-likeness (QED) is 0.635. The predicted molar refractivity (Wildman–Crippen MR) is 123 cm³/mol. The molecule has 1 amide bonds. The summed E-state index contributed by atoms with van der Waals surface area (Å²) in [5.74, 6) is 0.470. The van der Waals surface area contributed by atoms with Gasteiger partial charge in [0.1, 0.15) is 11.5 Å². The number of hydrogen-bond donors (Lipinski definition) is 1. The molecule has 0 spiro atoms. The monoisotopic (exact) mass is 452 g/mol. The molecule has 1 atom stereocenters. The predicted octanol–water partition coefficient (Wildman–Crippen LogP) is 3.91. The van der Waals surface area contributed by atoms with Crippen molar-refractivity contribution < 1.29 is 22.7 Å². The maximum atomic E-state index is 13.5.